The van der Waals surface area contributed by atoms with Gasteiger partial charge in [0.25, 0.3) is 0 Å². The van der Waals surface area contributed by atoms with Gasteiger partial charge in [0, 0.05) is 18.3 Å². The highest BCUT2D eigenvalue weighted by Crippen LogP contribution is 2.15. The number of aromatic amines is 1. The van der Waals surface area contributed by atoms with Crippen LogP contribution in [-0.2, 0) is 4.79 Å². The van der Waals surface area contributed by atoms with Crippen LogP contribution in [0.3, 0.4) is 0 Å². The Hall–Kier alpha value is -1.62. The van der Waals surface area contributed by atoms with Gasteiger partial charge in [-0.1, -0.05) is 0 Å². The van der Waals surface area contributed by atoms with Crippen molar-refractivity contribution in [2.75, 3.05) is 0 Å². The number of carbonyl (C=O) groups is 1. The lowest BCUT2D eigenvalue weighted by atomic mass is 10.0. The van der Waals surface area contributed by atoms with Crippen LogP contribution in [-0.4, -0.2) is 16.1 Å². The van der Waals surface area contributed by atoms with E-state index in [2.05, 4.69) is 4.98 Å². The number of hydrogen-bond acceptors (Lipinski definition) is 3. The largest absolute Gasteiger partial charge is 0.481 e. The molecule has 0 aliphatic carbocycles. The Morgan fingerprint density at radius 3 is 2.86 bits per heavy atom. The molecule has 76 valence electrons. The maximum absolute atomic E-state index is 10.9. The van der Waals surface area contributed by atoms with E-state index < -0.39 is 12.0 Å². The number of carboxylic acids is 1. The van der Waals surface area contributed by atoms with Crippen LogP contribution < -0.4 is 11.3 Å². The zero-order valence-electron chi connectivity index (χ0n) is 7.78. The Balaban J connectivity index is 2.95. The molecule has 0 bridgehead atoms. The Kier molecular flexibility index (Phi) is 3.03. The van der Waals surface area contributed by atoms with E-state index >= 15 is 0 Å². The summed E-state index contributed by atoms with van der Waals surface area (Å²) >= 11 is 0. The third-order valence-corrected chi connectivity index (χ3v) is 1.97. The predicted molar refractivity (Wildman–Crippen MR) is 51.0 cm³/mol. The molecule has 0 amide bonds. The molecule has 4 N–H and O–H groups in total. The number of hydrogen-bond donors (Lipinski definition) is 3. The van der Waals surface area contributed by atoms with Crippen molar-refractivity contribution in [3.8, 4) is 0 Å². The summed E-state index contributed by atoms with van der Waals surface area (Å²) in [4.78, 5) is 23.8. The van der Waals surface area contributed by atoms with Crippen molar-refractivity contribution in [2.45, 2.75) is 19.4 Å². The molecule has 14 heavy (non-hydrogen) atoms. The third-order valence-electron chi connectivity index (χ3n) is 1.97. The first-order chi connectivity index (χ1) is 6.50. The van der Waals surface area contributed by atoms with Gasteiger partial charge in [0.1, 0.15) is 0 Å². The molecule has 0 aliphatic rings. The van der Waals surface area contributed by atoms with Crippen LogP contribution in [0.25, 0.3) is 0 Å². The molecule has 1 heterocycles. The fraction of sp³-hybridized carbons (Fsp3) is 0.333. The molecule has 5 heteroatoms. The van der Waals surface area contributed by atoms with Crippen molar-refractivity contribution in [3.63, 3.8) is 0 Å². The van der Waals surface area contributed by atoms with Crippen LogP contribution in [0, 0.1) is 6.92 Å². The molecule has 0 radical (unpaired) electrons. The van der Waals surface area contributed by atoms with Gasteiger partial charge >= 0.3 is 5.97 Å². The lowest BCUT2D eigenvalue weighted by molar-refractivity contribution is -0.137. The molecule has 0 fully saturated rings. The van der Waals surface area contributed by atoms with E-state index in [9.17, 15) is 9.59 Å². The number of nitrogens with one attached hydrogen (secondary N) is 1. The Labute approximate surface area is 80.6 Å². The van der Waals surface area contributed by atoms with Gasteiger partial charge in [-0.3, -0.25) is 9.59 Å². The molecular formula is C9H12N2O3. The van der Waals surface area contributed by atoms with Crippen LogP contribution in [0.5, 0.6) is 0 Å². The SMILES string of the molecule is Cc1cc(=O)[nH]cc1[C@H](N)CC(=O)O. The standard InChI is InChI=1S/C9H12N2O3/c1-5-2-8(12)11-4-6(5)7(10)3-9(13)14/h2,4,7H,3,10H2,1H3,(H,11,12)(H,13,14)/t7-/m1/s1. The van der Waals surface area contributed by atoms with Gasteiger partial charge in [-0.2, -0.15) is 0 Å². The average Bonchev–Trinajstić information content (AvgIpc) is 2.01. The Morgan fingerprint density at radius 2 is 2.36 bits per heavy atom. The summed E-state index contributed by atoms with van der Waals surface area (Å²) in [5.74, 6) is -0.955. The summed E-state index contributed by atoms with van der Waals surface area (Å²) in [5.41, 5.74) is 6.80. The van der Waals surface area contributed by atoms with Gasteiger partial charge < -0.3 is 15.8 Å². The van der Waals surface area contributed by atoms with Crippen LogP contribution in [0.15, 0.2) is 17.1 Å². The first-order valence-corrected chi connectivity index (χ1v) is 4.17. The summed E-state index contributed by atoms with van der Waals surface area (Å²) in [6.45, 7) is 1.73. The molecule has 0 aliphatic heterocycles. The van der Waals surface area contributed by atoms with Gasteiger partial charge in [-0.25, -0.2) is 0 Å². The molecule has 0 saturated carbocycles. The topological polar surface area (TPSA) is 96.2 Å². The third kappa shape index (κ3) is 2.43. The van der Waals surface area contributed by atoms with Crippen LogP contribution in [0.4, 0.5) is 0 Å². The summed E-state index contributed by atoms with van der Waals surface area (Å²) in [7, 11) is 0. The minimum absolute atomic E-state index is 0.146. The molecule has 0 unspecified atom stereocenters. The van der Waals surface area contributed by atoms with Gasteiger partial charge in [-0.15, -0.1) is 0 Å². The monoisotopic (exact) mass is 196 g/mol. The Bertz CT molecular complexity index is 397. The fourth-order valence-corrected chi connectivity index (χ4v) is 1.28. The molecule has 1 atom stereocenters. The number of aliphatic carboxylic acids is 1. The highest BCUT2D eigenvalue weighted by Gasteiger charge is 2.12. The maximum Gasteiger partial charge on any atom is 0.305 e. The summed E-state index contributed by atoms with van der Waals surface area (Å²) in [6.07, 6.45) is 1.32. The molecule has 5 nitrogen and oxygen atoms in total. The molecule has 1 aromatic heterocycles. The van der Waals surface area contributed by atoms with Gasteiger partial charge in [0.2, 0.25) is 5.56 Å². The second-order valence-electron chi connectivity index (χ2n) is 3.14. The number of pyridine rings is 1. The van der Waals surface area contributed by atoms with E-state index in [1.54, 1.807) is 6.92 Å². The van der Waals surface area contributed by atoms with Crippen molar-refractivity contribution < 1.29 is 9.90 Å². The van der Waals surface area contributed by atoms with Gasteiger partial charge in [-0.05, 0) is 18.1 Å². The van der Waals surface area contributed by atoms with E-state index in [1.165, 1.54) is 12.3 Å². The highest BCUT2D eigenvalue weighted by atomic mass is 16.4. The predicted octanol–water partition coefficient (Wildman–Crippen LogP) is 0.158. The number of rotatable bonds is 3. The number of aromatic nitrogens is 1. The molecule has 0 spiro atoms. The quantitative estimate of drug-likeness (QED) is 0.641. The molecular weight excluding hydrogens is 184 g/mol. The molecule has 1 aromatic rings. The average molecular weight is 196 g/mol. The number of carboxylic acid groups (broad SMARTS) is 1. The van der Waals surface area contributed by atoms with Gasteiger partial charge in [0.05, 0.1) is 6.42 Å². The van der Waals surface area contributed by atoms with Gasteiger partial charge in [0.15, 0.2) is 0 Å². The molecule has 0 aromatic carbocycles. The molecule has 0 saturated heterocycles. The molecule has 1 rings (SSSR count). The van der Waals surface area contributed by atoms with Crippen LogP contribution in [0.2, 0.25) is 0 Å². The second-order valence-corrected chi connectivity index (χ2v) is 3.14. The zero-order chi connectivity index (χ0) is 10.7. The van der Waals surface area contributed by atoms with Crippen molar-refractivity contribution in [1.82, 2.24) is 4.98 Å². The number of nitrogens with two attached hydrogens (primary N) is 1. The summed E-state index contributed by atoms with van der Waals surface area (Å²) in [6, 6.07) is 0.821. The van der Waals surface area contributed by atoms with E-state index in [1.807, 2.05) is 0 Å². The summed E-state index contributed by atoms with van der Waals surface area (Å²) in [5, 5.41) is 8.54. The number of aryl methyl sites for hydroxylation is 1. The van der Waals surface area contributed by atoms with E-state index in [-0.39, 0.29) is 12.0 Å². The van der Waals surface area contributed by atoms with Crippen LogP contribution in [0.1, 0.15) is 23.6 Å². The van der Waals surface area contributed by atoms with Crippen molar-refractivity contribution in [3.05, 3.63) is 33.7 Å². The minimum atomic E-state index is -0.955. The maximum atomic E-state index is 10.9. The lowest BCUT2D eigenvalue weighted by Crippen LogP contribution is -2.18. The number of H-pyrrole nitrogens is 1. The highest BCUT2D eigenvalue weighted by molar-refractivity contribution is 5.67. The lowest BCUT2D eigenvalue weighted by Gasteiger charge is -2.11. The van der Waals surface area contributed by atoms with E-state index in [4.69, 9.17) is 10.8 Å². The first kappa shape index (κ1) is 10.5. The zero-order valence-corrected chi connectivity index (χ0v) is 7.78. The van der Waals surface area contributed by atoms with E-state index in [0.29, 0.717) is 11.1 Å². The summed E-state index contributed by atoms with van der Waals surface area (Å²) < 4.78 is 0. The fourth-order valence-electron chi connectivity index (χ4n) is 1.28. The van der Waals surface area contributed by atoms with Crippen molar-refractivity contribution >= 4 is 5.97 Å². The smallest absolute Gasteiger partial charge is 0.305 e. The normalized spacial score (nSPS) is 12.4. The first-order valence-electron chi connectivity index (χ1n) is 4.17. The van der Waals surface area contributed by atoms with E-state index in [0.717, 1.165) is 0 Å². The minimum Gasteiger partial charge on any atom is -0.481 e. The Morgan fingerprint density at radius 1 is 1.71 bits per heavy atom. The second kappa shape index (κ2) is 4.06. The van der Waals surface area contributed by atoms with Crippen molar-refractivity contribution in [1.29, 1.82) is 0 Å². The van der Waals surface area contributed by atoms with Crippen molar-refractivity contribution in [2.24, 2.45) is 5.73 Å². The van der Waals surface area contributed by atoms with Crippen LogP contribution >= 0.6 is 0 Å².